The third kappa shape index (κ3) is 4.69. The third-order valence-electron chi connectivity index (χ3n) is 3.83. The topological polar surface area (TPSA) is 67.9 Å². The van der Waals surface area contributed by atoms with Crippen molar-refractivity contribution in [3.05, 3.63) is 24.3 Å². The Labute approximate surface area is 136 Å². The molecule has 1 heterocycles. The molecule has 6 nitrogen and oxygen atoms in total. The fourth-order valence-corrected chi connectivity index (χ4v) is 2.59. The first-order valence-corrected chi connectivity index (χ1v) is 7.95. The standard InChI is InChI=1S/C17H24N2O4/c1-3-23-9-5-8-18-17(21)13-10-16(20)19(12-13)14-6-4-7-15(11-14)22-2/h4,6-7,11,13H,3,5,8-10,12H2,1-2H3,(H,18,21). The molecule has 6 heteroatoms. The van der Waals surface area contributed by atoms with E-state index in [9.17, 15) is 9.59 Å². The predicted octanol–water partition coefficient (Wildman–Crippen LogP) is 1.59. The number of carbonyl (C=O) groups excluding carboxylic acids is 2. The number of anilines is 1. The summed E-state index contributed by atoms with van der Waals surface area (Å²) in [5, 5.41) is 2.88. The number of hydrogen-bond donors (Lipinski definition) is 1. The van der Waals surface area contributed by atoms with E-state index < -0.39 is 0 Å². The Bertz CT molecular complexity index is 547. The summed E-state index contributed by atoms with van der Waals surface area (Å²) in [6, 6.07) is 7.32. The molecule has 1 atom stereocenters. The summed E-state index contributed by atoms with van der Waals surface area (Å²) in [5.41, 5.74) is 0.765. The molecule has 0 spiro atoms. The third-order valence-corrected chi connectivity index (χ3v) is 3.83. The lowest BCUT2D eigenvalue weighted by molar-refractivity contribution is -0.126. The maximum absolute atomic E-state index is 12.2. The highest BCUT2D eigenvalue weighted by Gasteiger charge is 2.35. The predicted molar refractivity (Wildman–Crippen MR) is 87.6 cm³/mol. The van der Waals surface area contributed by atoms with Crippen LogP contribution in [0.2, 0.25) is 0 Å². The number of rotatable bonds is 8. The van der Waals surface area contributed by atoms with Crippen molar-refractivity contribution in [2.75, 3.05) is 38.3 Å². The van der Waals surface area contributed by atoms with Gasteiger partial charge in [-0.05, 0) is 25.5 Å². The molecular weight excluding hydrogens is 296 g/mol. The molecule has 0 aromatic heterocycles. The number of benzene rings is 1. The van der Waals surface area contributed by atoms with Gasteiger partial charge in [0.2, 0.25) is 11.8 Å². The van der Waals surface area contributed by atoms with Gasteiger partial charge in [-0.15, -0.1) is 0 Å². The van der Waals surface area contributed by atoms with Crippen LogP contribution in [0.4, 0.5) is 5.69 Å². The molecule has 1 unspecified atom stereocenters. The van der Waals surface area contributed by atoms with Crippen LogP contribution in [0.3, 0.4) is 0 Å². The van der Waals surface area contributed by atoms with Crippen molar-refractivity contribution in [2.24, 2.45) is 5.92 Å². The summed E-state index contributed by atoms with van der Waals surface area (Å²) in [7, 11) is 1.59. The molecule has 1 aliphatic heterocycles. The van der Waals surface area contributed by atoms with E-state index in [0.717, 1.165) is 12.1 Å². The average molecular weight is 320 g/mol. The van der Waals surface area contributed by atoms with E-state index in [-0.39, 0.29) is 24.2 Å². The second kappa shape index (κ2) is 8.53. The first-order chi connectivity index (χ1) is 11.2. The van der Waals surface area contributed by atoms with Gasteiger partial charge in [-0.2, -0.15) is 0 Å². The van der Waals surface area contributed by atoms with Gasteiger partial charge >= 0.3 is 0 Å². The van der Waals surface area contributed by atoms with E-state index >= 15 is 0 Å². The molecule has 1 aromatic rings. The first-order valence-electron chi connectivity index (χ1n) is 7.95. The van der Waals surface area contributed by atoms with Gasteiger partial charge in [0.05, 0.1) is 13.0 Å². The molecule has 1 fully saturated rings. The van der Waals surface area contributed by atoms with Crippen molar-refractivity contribution in [3.8, 4) is 5.75 Å². The highest BCUT2D eigenvalue weighted by Crippen LogP contribution is 2.27. The Morgan fingerprint density at radius 3 is 3.00 bits per heavy atom. The van der Waals surface area contributed by atoms with Crippen LogP contribution in [0.25, 0.3) is 0 Å². The van der Waals surface area contributed by atoms with Gasteiger partial charge in [0.25, 0.3) is 0 Å². The van der Waals surface area contributed by atoms with Crippen LogP contribution in [-0.4, -0.2) is 45.2 Å². The summed E-state index contributed by atoms with van der Waals surface area (Å²) >= 11 is 0. The van der Waals surface area contributed by atoms with Crippen LogP contribution in [0.1, 0.15) is 19.8 Å². The second-order valence-electron chi connectivity index (χ2n) is 5.45. The number of nitrogens with one attached hydrogen (secondary N) is 1. The Hall–Kier alpha value is -2.08. The number of carbonyl (C=O) groups is 2. The molecule has 126 valence electrons. The van der Waals surface area contributed by atoms with Crippen LogP contribution in [0.5, 0.6) is 5.75 Å². The van der Waals surface area contributed by atoms with E-state index in [1.165, 1.54) is 0 Å². The van der Waals surface area contributed by atoms with Crippen molar-refractivity contribution in [1.82, 2.24) is 5.32 Å². The van der Waals surface area contributed by atoms with Crippen molar-refractivity contribution < 1.29 is 19.1 Å². The zero-order chi connectivity index (χ0) is 16.7. The fraction of sp³-hybridized carbons (Fsp3) is 0.529. The van der Waals surface area contributed by atoms with Crippen LogP contribution in [0, 0.1) is 5.92 Å². The molecule has 0 radical (unpaired) electrons. The van der Waals surface area contributed by atoms with Crippen molar-refractivity contribution in [3.63, 3.8) is 0 Å². The minimum Gasteiger partial charge on any atom is -0.497 e. The van der Waals surface area contributed by atoms with E-state index in [1.807, 2.05) is 25.1 Å². The van der Waals surface area contributed by atoms with Crippen LogP contribution in [-0.2, 0) is 14.3 Å². The summed E-state index contributed by atoms with van der Waals surface area (Å²) in [5.74, 6) is 0.285. The van der Waals surface area contributed by atoms with E-state index in [0.29, 0.717) is 32.1 Å². The van der Waals surface area contributed by atoms with Gasteiger partial charge in [0.15, 0.2) is 0 Å². The normalized spacial score (nSPS) is 17.4. The van der Waals surface area contributed by atoms with Crippen LogP contribution < -0.4 is 15.0 Å². The zero-order valence-corrected chi connectivity index (χ0v) is 13.7. The largest absolute Gasteiger partial charge is 0.497 e. The van der Waals surface area contributed by atoms with Crippen LogP contribution >= 0.6 is 0 Å². The maximum Gasteiger partial charge on any atom is 0.227 e. The minimum absolute atomic E-state index is 0.0345. The molecular formula is C17H24N2O4. The lowest BCUT2D eigenvalue weighted by atomic mass is 10.1. The zero-order valence-electron chi connectivity index (χ0n) is 13.7. The summed E-state index contributed by atoms with van der Waals surface area (Å²) in [6.07, 6.45) is 1.02. The smallest absolute Gasteiger partial charge is 0.227 e. The lowest BCUT2D eigenvalue weighted by Gasteiger charge is -2.17. The number of hydrogen-bond acceptors (Lipinski definition) is 4. The molecule has 1 aliphatic rings. The maximum atomic E-state index is 12.2. The highest BCUT2D eigenvalue weighted by atomic mass is 16.5. The summed E-state index contributed by atoms with van der Waals surface area (Å²) in [6.45, 7) is 4.23. The van der Waals surface area contributed by atoms with E-state index in [1.54, 1.807) is 18.1 Å². The first kappa shape index (κ1) is 17.3. The lowest BCUT2D eigenvalue weighted by Crippen LogP contribution is -2.33. The quantitative estimate of drug-likeness (QED) is 0.739. The molecule has 0 saturated carbocycles. The van der Waals surface area contributed by atoms with Crippen molar-refractivity contribution in [2.45, 2.75) is 19.8 Å². The number of nitrogens with zero attached hydrogens (tertiary/aromatic N) is 1. The summed E-state index contributed by atoms with van der Waals surface area (Å²) < 4.78 is 10.4. The fourth-order valence-electron chi connectivity index (χ4n) is 2.59. The molecule has 0 bridgehead atoms. The summed E-state index contributed by atoms with van der Waals surface area (Å²) in [4.78, 5) is 26.0. The van der Waals surface area contributed by atoms with Gasteiger partial charge in [0, 0.05) is 44.5 Å². The second-order valence-corrected chi connectivity index (χ2v) is 5.45. The monoisotopic (exact) mass is 320 g/mol. The molecule has 1 aromatic carbocycles. The van der Waals surface area contributed by atoms with Crippen molar-refractivity contribution >= 4 is 17.5 Å². The Morgan fingerprint density at radius 2 is 2.26 bits per heavy atom. The number of methoxy groups -OCH3 is 1. The Balaban J connectivity index is 1.87. The van der Waals surface area contributed by atoms with Gasteiger partial charge in [-0.25, -0.2) is 0 Å². The molecule has 1 saturated heterocycles. The molecule has 23 heavy (non-hydrogen) atoms. The Kier molecular flexibility index (Phi) is 6.40. The Morgan fingerprint density at radius 1 is 1.43 bits per heavy atom. The molecule has 2 amide bonds. The van der Waals surface area contributed by atoms with E-state index in [4.69, 9.17) is 9.47 Å². The van der Waals surface area contributed by atoms with Gasteiger partial charge < -0.3 is 19.7 Å². The van der Waals surface area contributed by atoms with Gasteiger partial charge in [-0.1, -0.05) is 6.07 Å². The van der Waals surface area contributed by atoms with Gasteiger partial charge in [0.1, 0.15) is 5.75 Å². The molecule has 2 rings (SSSR count). The highest BCUT2D eigenvalue weighted by molar-refractivity contribution is 6.00. The van der Waals surface area contributed by atoms with Gasteiger partial charge in [-0.3, -0.25) is 9.59 Å². The average Bonchev–Trinajstić information content (AvgIpc) is 2.96. The minimum atomic E-state index is -0.305. The molecule has 1 N–H and O–H groups in total. The van der Waals surface area contributed by atoms with Crippen molar-refractivity contribution in [1.29, 1.82) is 0 Å². The van der Waals surface area contributed by atoms with E-state index in [2.05, 4.69) is 5.32 Å². The number of amides is 2. The van der Waals surface area contributed by atoms with Crippen LogP contribution in [0.15, 0.2) is 24.3 Å². The SMILES string of the molecule is CCOCCCNC(=O)C1CC(=O)N(c2cccc(OC)c2)C1. The number of ether oxygens (including phenoxy) is 2. The molecule has 0 aliphatic carbocycles.